The van der Waals surface area contributed by atoms with Crippen molar-refractivity contribution in [1.29, 1.82) is 0 Å². The quantitative estimate of drug-likeness (QED) is 0.792. The van der Waals surface area contributed by atoms with E-state index in [9.17, 15) is 5.11 Å². The van der Waals surface area contributed by atoms with Gasteiger partial charge >= 0.3 is 0 Å². The number of hydrogen-bond acceptors (Lipinski definition) is 3. The summed E-state index contributed by atoms with van der Waals surface area (Å²) in [5.41, 5.74) is 0.521. The number of ether oxygens (including phenoxy) is 1. The normalized spacial score (nSPS) is 40.4. The van der Waals surface area contributed by atoms with E-state index in [1.807, 2.05) is 0 Å². The van der Waals surface area contributed by atoms with Gasteiger partial charge in [0.2, 0.25) is 0 Å². The van der Waals surface area contributed by atoms with E-state index in [2.05, 4.69) is 11.8 Å². The largest absolute Gasteiger partial charge is 0.393 e. The first-order chi connectivity index (χ1) is 9.20. The van der Waals surface area contributed by atoms with Crippen molar-refractivity contribution < 1.29 is 9.84 Å². The van der Waals surface area contributed by atoms with Crippen LogP contribution in [0.4, 0.5) is 0 Å². The lowest BCUT2D eigenvalue weighted by Crippen LogP contribution is -2.52. The number of nitrogens with zero attached hydrogens (tertiary/aromatic N) is 1. The molecule has 110 valence electrons. The van der Waals surface area contributed by atoms with E-state index in [0.29, 0.717) is 17.6 Å². The number of rotatable bonds is 1. The van der Waals surface area contributed by atoms with Crippen LogP contribution in [-0.4, -0.2) is 48.0 Å². The standard InChI is InChI=1S/C16H29NO2/c1-13-5-9-17(10-11-19-13)15-12-14(18)4-8-16(15)6-2-3-7-16/h13-15,18H,2-12H2,1H3. The first kappa shape index (κ1) is 13.8. The van der Waals surface area contributed by atoms with Crippen LogP contribution in [0, 0.1) is 5.41 Å². The highest BCUT2D eigenvalue weighted by atomic mass is 16.5. The van der Waals surface area contributed by atoms with Crippen molar-refractivity contribution in [3.8, 4) is 0 Å². The molecular formula is C16H29NO2. The molecule has 0 aromatic carbocycles. The number of aliphatic hydroxyl groups is 1. The number of hydrogen-bond donors (Lipinski definition) is 1. The molecule has 3 atom stereocenters. The fraction of sp³-hybridized carbons (Fsp3) is 1.00. The lowest BCUT2D eigenvalue weighted by molar-refractivity contribution is -0.0271. The zero-order valence-electron chi connectivity index (χ0n) is 12.3. The Labute approximate surface area is 117 Å². The van der Waals surface area contributed by atoms with Gasteiger partial charge in [-0.15, -0.1) is 0 Å². The van der Waals surface area contributed by atoms with Gasteiger partial charge in [0, 0.05) is 19.1 Å². The van der Waals surface area contributed by atoms with E-state index in [4.69, 9.17) is 4.74 Å². The van der Waals surface area contributed by atoms with Crippen LogP contribution in [-0.2, 0) is 4.74 Å². The topological polar surface area (TPSA) is 32.7 Å². The average Bonchev–Trinajstić information content (AvgIpc) is 2.76. The molecule has 19 heavy (non-hydrogen) atoms. The Hall–Kier alpha value is -0.120. The van der Waals surface area contributed by atoms with Crippen molar-refractivity contribution in [3.05, 3.63) is 0 Å². The van der Waals surface area contributed by atoms with E-state index in [1.54, 1.807) is 0 Å². The van der Waals surface area contributed by atoms with E-state index < -0.39 is 0 Å². The monoisotopic (exact) mass is 267 g/mol. The summed E-state index contributed by atoms with van der Waals surface area (Å²) in [4.78, 5) is 2.65. The zero-order valence-corrected chi connectivity index (χ0v) is 12.3. The molecule has 1 aliphatic heterocycles. The molecule has 2 aliphatic carbocycles. The average molecular weight is 267 g/mol. The van der Waals surface area contributed by atoms with E-state index in [0.717, 1.165) is 39.0 Å². The second-order valence-electron chi connectivity index (χ2n) is 7.02. The van der Waals surface area contributed by atoms with Crippen LogP contribution in [0.25, 0.3) is 0 Å². The summed E-state index contributed by atoms with van der Waals surface area (Å²) < 4.78 is 5.80. The molecule has 2 saturated carbocycles. The van der Waals surface area contributed by atoms with Crippen LogP contribution in [0.15, 0.2) is 0 Å². The molecule has 1 heterocycles. The minimum absolute atomic E-state index is 0.0715. The molecule has 0 aromatic rings. The zero-order chi connectivity index (χ0) is 13.3. The van der Waals surface area contributed by atoms with Crippen LogP contribution < -0.4 is 0 Å². The predicted octanol–water partition coefficient (Wildman–Crippen LogP) is 2.57. The Morgan fingerprint density at radius 1 is 1.11 bits per heavy atom. The van der Waals surface area contributed by atoms with Gasteiger partial charge in [-0.2, -0.15) is 0 Å². The Kier molecular flexibility index (Phi) is 4.16. The van der Waals surface area contributed by atoms with Crippen molar-refractivity contribution in [2.75, 3.05) is 19.7 Å². The first-order valence-corrected chi connectivity index (χ1v) is 8.23. The summed E-state index contributed by atoms with van der Waals surface area (Å²) >= 11 is 0. The molecule has 1 N–H and O–H groups in total. The molecule has 1 saturated heterocycles. The maximum Gasteiger partial charge on any atom is 0.0597 e. The summed E-state index contributed by atoms with van der Waals surface area (Å²) in [6, 6.07) is 0.604. The van der Waals surface area contributed by atoms with Gasteiger partial charge in [0.1, 0.15) is 0 Å². The van der Waals surface area contributed by atoms with Crippen LogP contribution in [0.5, 0.6) is 0 Å². The maximum atomic E-state index is 10.1. The summed E-state index contributed by atoms with van der Waals surface area (Å²) in [6.07, 6.45) is 10.3. The Bertz CT molecular complexity index is 301. The molecule has 3 unspecified atom stereocenters. The minimum Gasteiger partial charge on any atom is -0.393 e. The predicted molar refractivity (Wildman–Crippen MR) is 76.2 cm³/mol. The maximum absolute atomic E-state index is 10.1. The SMILES string of the molecule is CC1CCN(C2CC(O)CCC23CCCC3)CCO1. The summed E-state index contributed by atoms with van der Waals surface area (Å²) in [5.74, 6) is 0. The van der Waals surface area contributed by atoms with Crippen molar-refractivity contribution in [1.82, 2.24) is 4.90 Å². The van der Waals surface area contributed by atoms with Gasteiger partial charge in [-0.05, 0) is 50.9 Å². The van der Waals surface area contributed by atoms with Crippen LogP contribution in [0.3, 0.4) is 0 Å². The first-order valence-electron chi connectivity index (χ1n) is 8.23. The van der Waals surface area contributed by atoms with Gasteiger partial charge in [-0.1, -0.05) is 12.8 Å². The lowest BCUT2D eigenvalue weighted by Gasteiger charge is -2.48. The molecule has 0 radical (unpaired) electrons. The van der Waals surface area contributed by atoms with Gasteiger partial charge in [-0.3, -0.25) is 4.90 Å². The van der Waals surface area contributed by atoms with Gasteiger partial charge in [0.05, 0.1) is 18.8 Å². The second-order valence-corrected chi connectivity index (χ2v) is 7.02. The van der Waals surface area contributed by atoms with Gasteiger partial charge in [0.25, 0.3) is 0 Å². The van der Waals surface area contributed by atoms with Gasteiger partial charge < -0.3 is 9.84 Å². The Morgan fingerprint density at radius 3 is 2.68 bits per heavy atom. The minimum atomic E-state index is -0.0715. The molecule has 3 nitrogen and oxygen atoms in total. The molecule has 1 spiro atoms. The van der Waals surface area contributed by atoms with E-state index in [-0.39, 0.29) is 6.10 Å². The molecular weight excluding hydrogens is 238 g/mol. The fourth-order valence-corrected chi connectivity index (χ4v) is 4.67. The fourth-order valence-electron chi connectivity index (χ4n) is 4.67. The highest BCUT2D eigenvalue weighted by Crippen LogP contribution is 2.51. The lowest BCUT2D eigenvalue weighted by atomic mass is 9.67. The highest BCUT2D eigenvalue weighted by Gasteiger charge is 2.47. The van der Waals surface area contributed by atoms with Crippen molar-refractivity contribution in [2.45, 2.75) is 76.5 Å². The highest BCUT2D eigenvalue weighted by molar-refractivity contribution is 5.00. The third-order valence-electron chi connectivity index (χ3n) is 5.82. The molecule has 0 amide bonds. The van der Waals surface area contributed by atoms with Crippen molar-refractivity contribution in [3.63, 3.8) is 0 Å². The van der Waals surface area contributed by atoms with Crippen molar-refractivity contribution in [2.24, 2.45) is 5.41 Å². The van der Waals surface area contributed by atoms with Crippen LogP contribution >= 0.6 is 0 Å². The van der Waals surface area contributed by atoms with Crippen LogP contribution in [0.2, 0.25) is 0 Å². The molecule has 3 fully saturated rings. The van der Waals surface area contributed by atoms with E-state index in [1.165, 1.54) is 32.1 Å². The summed E-state index contributed by atoms with van der Waals surface area (Å²) in [6.45, 7) is 5.26. The molecule has 0 bridgehead atoms. The number of aliphatic hydroxyl groups excluding tert-OH is 1. The second kappa shape index (κ2) is 5.71. The summed E-state index contributed by atoms with van der Waals surface area (Å²) in [7, 11) is 0. The van der Waals surface area contributed by atoms with E-state index >= 15 is 0 Å². The van der Waals surface area contributed by atoms with Crippen LogP contribution in [0.1, 0.15) is 58.3 Å². The Balaban J connectivity index is 1.74. The van der Waals surface area contributed by atoms with Gasteiger partial charge in [0.15, 0.2) is 0 Å². The summed E-state index contributed by atoms with van der Waals surface area (Å²) in [5, 5.41) is 10.1. The third-order valence-corrected chi connectivity index (χ3v) is 5.82. The van der Waals surface area contributed by atoms with Gasteiger partial charge in [-0.25, -0.2) is 0 Å². The molecule has 3 rings (SSSR count). The van der Waals surface area contributed by atoms with Crippen molar-refractivity contribution >= 4 is 0 Å². The molecule has 3 heteroatoms. The Morgan fingerprint density at radius 2 is 1.89 bits per heavy atom. The molecule has 0 aromatic heterocycles. The smallest absolute Gasteiger partial charge is 0.0597 e. The third kappa shape index (κ3) is 2.84. The molecule has 3 aliphatic rings.